The Hall–Kier alpha value is -2.37. The third-order valence-electron chi connectivity index (χ3n) is 5.00. The van der Waals surface area contributed by atoms with Gasteiger partial charge in [-0.2, -0.15) is 5.10 Å². The largest absolute Gasteiger partial charge is 0.355 e. The van der Waals surface area contributed by atoms with Crippen molar-refractivity contribution in [2.45, 2.75) is 45.7 Å². The van der Waals surface area contributed by atoms with Crippen LogP contribution in [0.4, 0.5) is 5.82 Å². The molecule has 0 aromatic carbocycles. The summed E-state index contributed by atoms with van der Waals surface area (Å²) in [6.45, 7) is 6.51. The molecule has 0 aliphatic carbocycles. The smallest absolute Gasteiger partial charge is 0.224 e. The highest BCUT2D eigenvalue weighted by molar-refractivity contribution is 5.76. The lowest BCUT2D eigenvalue weighted by Gasteiger charge is -2.38. The third kappa shape index (κ3) is 4.18. The number of amides is 1. The zero-order valence-corrected chi connectivity index (χ0v) is 15.4. The minimum absolute atomic E-state index is 0.180. The molecular formula is C19H27N5O. The molecule has 1 aliphatic rings. The summed E-state index contributed by atoms with van der Waals surface area (Å²) < 4.78 is 1.88. The van der Waals surface area contributed by atoms with E-state index in [0.717, 1.165) is 43.1 Å². The fourth-order valence-corrected chi connectivity index (χ4v) is 3.40. The van der Waals surface area contributed by atoms with E-state index in [1.165, 1.54) is 0 Å². The monoisotopic (exact) mass is 341 g/mol. The molecule has 1 saturated heterocycles. The van der Waals surface area contributed by atoms with Crippen molar-refractivity contribution < 1.29 is 4.79 Å². The zero-order chi connectivity index (χ0) is 17.8. The van der Waals surface area contributed by atoms with Crippen molar-refractivity contribution in [3.8, 4) is 0 Å². The van der Waals surface area contributed by atoms with Gasteiger partial charge in [0.15, 0.2) is 0 Å². The summed E-state index contributed by atoms with van der Waals surface area (Å²) in [6.07, 6.45) is 4.39. The van der Waals surface area contributed by atoms with E-state index in [1.807, 2.05) is 48.7 Å². The zero-order valence-electron chi connectivity index (χ0n) is 15.4. The van der Waals surface area contributed by atoms with Crippen molar-refractivity contribution in [2.24, 2.45) is 0 Å². The number of rotatable bonds is 5. The van der Waals surface area contributed by atoms with Gasteiger partial charge >= 0.3 is 0 Å². The van der Waals surface area contributed by atoms with Crippen LogP contribution >= 0.6 is 0 Å². The van der Waals surface area contributed by atoms with Crippen molar-refractivity contribution >= 4 is 11.7 Å². The Labute approximate surface area is 149 Å². The molecule has 1 aliphatic heterocycles. The van der Waals surface area contributed by atoms with E-state index >= 15 is 0 Å². The van der Waals surface area contributed by atoms with E-state index in [2.05, 4.69) is 21.0 Å². The molecule has 3 heterocycles. The van der Waals surface area contributed by atoms with Crippen LogP contribution in [0.1, 0.15) is 30.7 Å². The maximum absolute atomic E-state index is 12.6. The van der Waals surface area contributed by atoms with Crippen LogP contribution < -0.4 is 4.90 Å². The molecule has 0 radical (unpaired) electrons. The van der Waals surface area contributed by atoms with Gasteiger partial charge in [-0.3, -0.25) is 9.48 Å². The molecule has 6 nitrogen and oxygen atoms in total. The van der Waals surface area contributed by atoms with Crippen molar-refractivity contribution in [1.29, 1.82) is 0 Å². The number of anilines is 1. The number of nitrogens with zero attached hydrogens (tertiary/aromatic N) is 5. The number of pyridine rings is 1. The number of aryl methyl sites for hydroxylation is 3. The molecule has 1 fully saturated rings. The average Bonchev–Trinajstić information content (AvgIpc) is 3.04. The normalized spacial score (nSPS) is 17.6. The van der Waals surface area contributed by atoms with Gasteiger partial charge < -0.3 is 9.80 Å². The molecule has 0 saturated carbocycles. The average molecular weight is 341 g/mol. The third-order valence-corrected chi connectivity index (χ3v) is 5.00. The number of carbonyl (C=O) groups is 1. The van der Waals surface area contributed by atoms with Crippen LogP contribution in [-0.2, 0) is 11.3 Å². The van der Waals surface area contributed by atoms with E-state index in [1.54, 1.807) is 6.20 Å². The molecule has 1 amide bonds. The number of carbonyl (C=O) groups excluding carboxylic acids is 1. The Morgan fingerprint density at radius 2 is 2.16 bits per heavy atom. The lowest BCUT2D eigenvalue weighted by atomic mass is 10.0. The van der Waals surface area contributed by atoms with Gasteiger partial charge in [0.1, 0.15) is 5.82 Å². The van der Waals surface area contributed by atoms with E-state index in [-0.39, 0.29) is 11.9 Å². The van der Waals surface area contributed by atoms with Crippen molar-refractivity contribution in [2.75, 3.05) is 25.0 Å². The molecule has 1 atom stereocenters. The minimum atomic E-state index is 0.180. The highest BCUT2D eigenvalue weighted by Gasteiger charge is 2.26. The quantitative estimate of drug-likeness (QED) is 0.838. The van der Waals surface area contributed by atoms with Crippen molar-refractivity contribution in [3.05, 3.63) is 41.9 Å². The number of aromatic nitrogens is 3. The maximum Gasteiger partial charge on any atom is 0.224 e. The molecule has 3 rings (SSSR count). The summed E-state index contributed by atoms with van der Waals surface area (Å²) in [7, 11) is 1.93. The molecule has 2 aromatic rings. The highest BCUT2D eigenvalue weighted by Crippen LogP contribution is 2.21. The first-order chi connectivity index (χ1) is 12.0. The Morgan fingerprint density at radius 3 is 2.88 bits per heavy atom. The molecule has 0 unspecified atom stereocenters. The standard InChI is InChI=1S/C19H27N5O/c1-15-6-4-8-18(21-15)23-12-5-7-17(14-23)22(3)19(25)10-13-24-16(2)9-11-20-24/h4,6,8-9,11,17H,5,7,10,12-14H2,1-3H3/t17-/m1/s1. The van der Waals surface area contributed by atoms with Gasteiger partial charge in [0, 0.05) is 56.7 Å². The van der Waals surface area contributed by atoms with Crippen LogP contribution in [0.5, 0.6) is 0 Å². The first-order valence-electron chi connectivity index (χ1n) is 8.97. The lowest BCUT2D eigenvalue weighted by Crippen LogP contribution is -2.49. The van der Waals surface area contributed by atoms with Crippen LogP contribution in [0.15, 0.2) is 30.5 Å². The van der Waals surface area contributed by atoms with Gasteiger partial charge in [0.05, 0.1) is 0 Å². The molecular weight excluding hydrogens is 314 g/mol. The van der Waals surface area contributed by atoms with Gasteiger partial charge in [0.25, 0.3) is 0 Å². The SMILES string of the molecule is Cc1cccc(N2CCC[C@@H](N(C)C(=O)CCn3nccc3C)C2)n1. The van der Waals surface area contributed by atoms with Gasteiger partial charge in [-0.1, -0.05) is 6.07 Å². The summed E-state index contributed by atoms with van der Waals surface area (Å²) >= 11 is 0. The van der Waals surface area contributed by atoms with Crippen LogP contribution in [0.25, 0.3) is 0 Å². The molecule has 2 aromatic heterocycles. The first kappa shape index (κ1) is 17.5. The van der Waals surface area contributed by atoms with Gasteiger partial charge in [-0.25, -0.2) is 4.98 Å². The summed E-state index contributed by atoms with van der Waals surface area (Å²) in [5.41, 5.74) is 2.11. The lowest BCUT2D eigenvalue weighted by molar-refractivity contribution is -0.132. The maximum atomic E-state index is 12.6. The number of likely N-dealkylation sites (N-methyl/N-ethyl adjacent to an activating group) is 1. The van der Waals surface area contributed by atoms with Crippen LogP contribution in [0, 0.1) is 13.8 Å². The first-order valence-corrected chi connectivity index (χ1v) is 8.97. The Kier molecular flexibility index (Phi) is 5.36. The van der Waals surface area contributed by atoms with Crippen LogP contribution in [-0.4, -0.2) is 51.8 Å². The summed E-state index contributed by atoms with van der Waals surface area (Å²) in [5, 5.41) is 4.25. The molecule has 0 spiro atoms. The molecule has 134 valence electrons. The fraction of sp³-hybridized carbons (Fsp3) is 0.526. The van der Waals surface area contributed by atoms with E-state index in [9.17, 15) is 4.79 Å². The Bertz CT molecular complexity index is 726. The van der Waals surface area contributed by atoms with Gasteiger partial charge in [0.2, 0.25) is 5.91 Å². The van der Waals surface area contributed by atoms with Gasteiger partial charge in [-0.15, -0.1) is 0 Å². The summed E-state index contributed by atoms with van der Waals surface area (Å²) in [6, 6.07) is 8.31. The van der Waals surface area contributed by atoms with Crippen LogP contribution in [0.2, 0.25) is 0 Å². The molecule has 0 N–H and O–H groups in total. The summed E-state index contributed by atoms with van der Waals surface area (Å²) in [4.78, 5) is 21.4. The van der Waals surface area contributed by atoms with Crippen LogP contribution in [0.3, 0.4) is 0 Å². The van der Waals surface area contributed by atoms with E-state index in [0.29, 0.717) is 13.0 Å². The highest BCUT2D eigenvalue weighted by atomic mass is 16.2. The molecule has 6 heteroatoms. The van der Waals surface area contributed by atoms with Gasteiger partial charge in [-0.05, 0) is 44.9 Å². The second-order valence-electron chi connectivity index (χ2n) is 6.83. The predicted octanol–water partition coefficient (Wildman–Crippen LogP) is 2.41. The van der Waals surface area contributed by atoms with E-state index in [4.69, 9.17) is 0 Å². The number of hydrogen-bond acceptors (Lipinski definition) is 4. The second-order valence-corrected chi connectivity index (χ2v) is 6.83. The Balaban J connectivity index is 1.58. The fourth-order valence-electron chi connectivity index (χ4n) is 3.40. The predicted molar refractivity (Wildman–Crippen MR) is 98.6 cm³/mol. The number of hydrogen-bond donors (Lipinski definition) is 0. The second kappa shape index (κ2) is 7.68. The number of piperidine rings is 1. The van der Waals surface area contributed by atoms with Crippen molar-refractivity contribution in [1.82, 2.24) is 19.7 Å². The Morgan fingerprint density at radius 1 is 1.32 bits per heavy atom. The summed E-state index contributed by atoms with van der Waals surface area (Å²) in [5.74, 6) is 1.19. The van der Waals surface area contributed by atoms with E-state index < -0.39 is 0 Å². The topological polar surface area (TPSA) is 54.3 Å². The molecule has 0 bridgehead atoms. The molecule has 25 heavy (non-hydrogen) atoms. The minimum Gasteiger partial charge on any atom is -0.355 e. The van der Waals surface area contributed by atoms with Crippen molar-refractivity contribution in [3.63, 3.8) is 0 Å².